The molecule has 2 unspecified atom stereocenters. The molecular weight excluding hydrogens is 124 g/mol. The van der Waals surface area contributed by atoms with Gasteiger partial charge < -0.3 is 0 Å². The fourth-order valence-corrected chi connectivity index (χ4v) is 0.849. The number of nitrogens with two attached hydrogens (primary N) is 1. The summed E-state index contributed by atoms with van der Waals surface area (Å²) >= 11 is 0. The Morgan fingerprint density at radius 2 is 1.90 bits per heavy atom. The molecule has 0 amide bonds. The second kappa shape index (κ2) is 4.47. The van der Waals surface area contributed by atoms with Gasteiger partial charge in [-0.15, -0.1) is 6.58 Å². The Hall–Kier alpha value is -0.340. The van der Waals surface area contributed by atoms with Crippen LogP contribution in [0.1, 0.15) is 20.8 Å². The number of hydrogen-bond acceptors (Lipinski definition) is 2. The highest BCUT2D eigenvalue weighted by Gasteiger charge is 2.14. The monoisotopic (exact) mass is 142 g/mol. The summed E-state index contributed by atoms with van der Waals surface area (Å²) in [6, 6.07) is 0.236. The normalized spacial score (nSPS) is 16.9. The molecular formula is C8H18N2. The molecule has 0 aromatic heterocycles. The van der Waals surface area contributed by atoms with Crippen molar-refractivity contribution in [2.45, 2.75) is 26.8 Å². The first-order valence-electron chi connectivity index (χ1n) is 3.72. The third kappa shape index (κ3) is 2.50. The van der Waals surface area contributed by atoms with Crippen LogP contribution in [0.25, 0.3) is 0 Å². The molecule has 60 valence electrons. The fraction of sp³-hybridized carbons (Fsp3) is 0.750. The van der Waals surface area contributed by atoms with Crippen molar-refractivity contribution in [2.24, 2.45) is 17.7 Å². The maximum Gasteiger partial charge on any atom is 0.0415 e. The van der Waals surface area contributed by atoms with Crippen LogP contribution in [0.3, 0.4) is 0 Å². The van der Waals surface area contributed by atoms with E-state index in [9.17, 15) is 0 Å². The van der Waals surface area contributed by atoms with Crippen molar-refractivity contribution in [3.8, 4) is 0 Å². The SMILES string of the molecule is C=CC(NN)C(C)C(C)C. The minimum atomic E-state index is 0.236. The second-order valence-electron chi connectivity index (χ2n) is 3.03. The first-order valence-corrected chi connectivity index (χ1v) is 3.72. The van der Waals surface area contributed by atoms with Crippen LogP contribution in [0, 0.1) is 11.8 Å². The summed E-state index contributed by atoms with van der Waals surface area (Å²) in [5, 5.41) is 0. The highest BCUT2D eigenvalue weighted by atomic mass is 15.2. The fourth-order valence-electron chi connectivity index (χ4n) is 0.849. The van der Waals surface area contributed by atoms with E-state index < -0.39 is 0 Å². The minimum absolute atomic E-state index is 0.236. The second-order valence-corrected chi connectivity index (χ2v) is 3.03. The quantitative estimate of drug-likeness (QED) is 0.353. The lowest BCUT2D eigenvalue weighted by Crippen LogP contribution is -2.39. The lowest BCUT2D eigenvalue weighted by molar-refractivity contribution is 0.342. The van der Waals surface area contributed by atoms with Gasteiger partial charge in [-0.3, -0.25) is 11.3 Å². The smallest absolute Gasteiger partial charge is 0.0415 e. The molecule has 0 aliphatic heterocycles. The molecule has 0 bridgehead atoms. The molecule has 0 aliphatic rings. The van der Waals surface area contributed by atoms with E-state index in [2.05, 4.69) is 32.8 Å². The van der Waals surface area contributed by atoms with Gasteiger partial charge in [0.15, 0.2) is 0 Å². The van der Waals surface area contributed by atoms with E-state index in [-0.39, 0.29) is 6.04 Å². The van der Waals surface area contributed by atoms with Gasteiger partial charge in [-0.1, -0.05) is 26.8 Å². The molecule has 0 heterocycles. The maximum absolute atomic E-state index is 5.30. The highest BCUT2D eigenvalue weighted by molar-refractivity contribution is 4.88. The van der Waals surface area contributed by atoms with E-state index in [1.807, 2.05) is 6.08 Å². The molecule has 10 heavy (non-hydrogen) atoms. The Morgan fingerprint density at radius 3 is 2.00 bits per heavy atom. The zero-order valence-electron chi connectivity index (χ0n) is 7.09. The predicted molar refractivity (Wildman–Crippen MR) is 45.3 cm³/mol. The first-order chi connectivity index (χ1) is 4.63. The van der Waals surface area contributed by atoms with Crippen molar-refractivity contribution >= 4 is 0 Å². The van der Waals surface area contributed by atoms with Gasteiger partial charge >= 0.3 is 0 Å². The van der Waals surface area contributed by atoms with Gasteiger partial charge in [0.05, 0.1) is 0 Å². The van der Waals surface area contributed by atoms with E-state index in [1.165, 1.54) is 0 Å². The average molecular weight is 142 g/mol. The molecule has 0 aromatic rings. The van der Waals surface area contributed by atoms with Crippen molar-refractivity contribution < 1.29 is 0 Å². The zero-order chi connectivity index (χ0) is 8.15. The van der Waals surface area contributed by atoms with E-state index in [0.717, 1.165) is 0 Å². The summed E-state index contributed by atoms with van der Waals surface area (Å²) in [7, 11) is 0. The number of rotatable bonds is 4. The molecule has 0 rings (SSSR count). The average Bonchev–Trinajstić information content (AvgIpc) is 1.90. The first kappa shape index (κ1) is 9.66. The Bertz CT molecular complexity index is 99.4. The Balaban J connectivity index is 3.87. The van der Waals surface area contributed by atoms with E-state index in [4.69, 9.17) is 5.84 Å². The summed E-state index contributed by atoms with van der Waals surface area (Å²) in [6.07, 6.45) is 1.85. The van der Waals surface area contributed by atoms with Crippen LogP contribution in [-0.2, 0) is 0 Å². The summed E-state index contributed by atoms with van der Waals surface area (Å²) in [4.78, 5) is 0. The Kier molecular flexibility index (Phi) is 4.32. The topological polar surface area (TPSA) is 38.0 Å². The van der Waals surface area contributed by atoms with Gasteiger partial charge in [-0.05, 0) is 11.8 Å². The van der Waals surface area contributed by atoms with Gasteiger partial charge in [0.2, 0.25) is 0 Å². The minimum Gasteiger partial charge on any atom is -0.271 e. The van der Waals surface area contributed by atoms with Crippen LogP contribution < -0.4 is 11.3 Å². The summed E-state index contributed by atoms with van der Waals surface area (Å²) < 4.78 is 0. The van der Waals surface area contributed by atoms with Gasteiger partial charge in [-0.2, -0.15) is 0 Å². The highest BCUT2D eigenvalue weighted by Crippen LogP contribution is 2.13. The van der Waals surface area contributed by atoms with Crippen molar-refractivity contribution in [2.75, 3.05) is 0 Å². The summed E-state index contributed by atoms with van der Waals surface area (Å²) in [5.74, 6) is 6.48. The van der Waals surface area contributed by atoms with Crippen molar-refractivity contribution in [3.63, 3.8) is 0 Å². The van der Waals surface area contributed by atoms with E-state index in [0.29, 0.717) is 11.8 Å². The van der Waals surface area contributed by atoms with Crippen LogP contribution in [0.2, 0.25) is 0 Å². The van der Waals surface area contributed by atoms with Gasteiger partial charge in [-0.25, -0.2) is 0 Å². The third-order valence-electron chi connectivity index (χ3n) is 2.06. The summed E-state index contributed by atoms with van der Waals surface area (Å²) in [6.45, 7) is 10.2. The Morgan fingerprint density at radius 1 is 1.40 bits per heavy atom. The van der Waals surface area contributed by atoms with Crippen LogP contribution in [0.15, 0.2) is 12.7 Å². The standard InChI is InChI=1S/C8H18N2/c1-5-8(10-9)7(4)6(2)3/h5-8,10H,1,9H2,2-4H3. The molecule has 0 aromatic carbocycles. The molecule has 0 spiro atoms. The number of hydrazine groups is 1. The molecule has 2 atom stereocenters. The molecule has 2 heteroatoms. The van der Waals surface area contributed by atoms with Crippen LogP contribution >= 0.6 is 0 Å². The number of nitrogens with one attached hydrogen (secondary N) is 1. The zero-order valence-corrected chi connectivity index (χ0v) is 7.09. The predicted octanol–water partition coefficient (Wildman–Crippen LogP) is 1.30. The molecule has 3 N–H and O–H groups in total. The van der Waals surface area contributed by atoms with Crippen LogP contribution in [0.4, 0.5) is 0 Å². The molecule has 0 radical (unpaired) electrons. The van der Waals surface area contributed by atoms with E-state index in [1.54, 1.807) is 0 Å². The van der Waals surface area contributed by atoms with Crippen LogP contribution in [-0.4, -0.2) is 6.04 Å². The molecule has 2 nitrogen and oxygen atoms in total. The largest absolute Gasteiger partial charge is 0.271 e. The lowest BCUT2D eigenvalue weighted by atomic mass is 9.91. The van der Waals surface area contributed by atoms with Gasteiger partial charge in [0.1, 0.15) is 0 Å². The molecule has 0 saturated carbocycles. The van der Waals surface area contributed by atoms with E-state index >= 15 is 0 Å². The van der Waals surface area contributed by atoms with Crippen molar-refractivity contribution in [3.05, 3.63) is 12.7 Å². The molecule has 0 aliphatic carbocycles. The maximum atomic E-state index is 5.30. The van der Waals surface area contributed by atoms with Crippen molar-refractivity contribution in [1.82, 2.24) is 5.43 Å². The molecule has 0 fully saturated rings. The lowest BCUT2D eigenvalue weighted by Gasteiger charge is -2.22. The third-order valence-corrected chi connectivity index (χ3v) is 2.06. The summed E-state index contributed by atoms with van der Waals surface area (Å²) in [5.41, 5.74) is 2.71. The van der Waals surface area contributed by atoms with Crippen molar-refractivity contribution in [1.29, 1.82) is 0 Å². The number of hydrogen-bond donors (Lipinski definition) is 2. The van der Waals surface area contributed by atoms with Crippen LogP contribution in [0.5, 0.6) is 0 Å². The van der Waals surface area contributed by atoms with Gasteiger partial charge in [0.25, 0.3) is 0 Å². The van der Waals surface area contributed by atoms with Gasteiger partial charge in [0, 0.05) is 6.04 Å². The molecule has 0 saturated heterocycles. The Labute approximate surface area is 63.5 Å².